The molecule has 1 heterocycles. The lowest BCUT2D eigenvalue weighted by Gasteiger charge is -2.16. The molecular weight excluding hydrogens is 215 g/mol. The third-order valence-electron chi connectivity index (χ3n) is 3.12. The van der Waals surface area contributed by atoms with Gasteiger partial charge in [-0.25, -0.2) is 4.39 Å². The van der Waals surface area contributed by atoms with Crippen molar-refractivity contribution < 1.29 is 4.39 Å². The molecule has 0 aliphatic rings. The van der Waals surface area contributed by atoms with E-state index in [1.807, 2.05) is 7.05 Å². The molecular formula is C14H23FN2. The minimum Gasteiger partial charge on any atom is -0.313 e. The topological polar surface area (TPSA) is 24.9 Å². The average molecular weight is 238 g/mol. The van der Waals surface area contributed by atoms with Crippen LogP contribution in [0.1, 0.15) is 57.1 Å². The van der Waals surface area contributed by atoms with Gasteiger partial charge in [-0.2, -0.15) is 0 Å². The Morgan fingerprint density at radius 1 is 1.29 bits per heavy atom. The van der Waals surface area contributed by atoms with Gasteiger partial charge < -0.3 is 5.32 Å². The molecule has 96 valence electrons. The van der Waals surface area contributed by atoms with Crippen molar-refractivity contribution in [2.45, 2.75) is 51.5 Å². The Kier molecular flexibility index (Phi) is 6.78. The van der Waals surface area contributed by atoms with Gasteiger partial charge in [-0.3, -0.25) is 4.98 Å². The van der Waals surface area contributed by atoms with Crippen molar-refractivity contribution in [2.75, 3.05) is 7.05 Å². The molecule has 3 heteroatoms. The highest BCUT2D eigenvalue weighted by molar-refractivity contribution is 5.17. The standard InChI is InChI=1S/C14H23FN2/c1-3-4-5-6-7-8-14(16-2)12-9-10-17-11-13(12)15/h9-11,14,16H,3-8H2,1-2H3. The van der Waals surface area contributed by atoms with Crippen LogP contribution in [-0.2, 0) is 0 Å². The van der Waals surface area contributed by atoms with Crippen LogP contribution in [0.3, 0.4) is 0 Å². The van der Waals surface area contributed by atoms with Gasteiger partial charge in [0, 0.05) is 17.8 Å². The highest BCUT2D eigenvalue weighted by Gasteiger charge is 2.12. The van der Waals surface area contributed by atoms with Gasteiger partial charge >= 0.3 is 0 Å². The molecule has 1 aromatic heterocycles. The number of hydrogen-bond donors (Lipinski definition) is 1. The summed E-state index contributed by atoms with van der Waals surface area (Å²) >= 11 is 0. The summed E-state index contributed by atoms with van der Waals surface area (Å²) in [5.74, 6) is -0.208. The van der Waals surface area contributed by atoms with Gasteiger partial charge in [0.15, 0.2) is 0 Å². The molecule has 0 radical (unpaired) electrons. The van der Waals surface area contributed by atoms with E-state index in [0.717, 1.165) is 18.4 Å². The van der Waals surface area contributed by atoms with Crippen LogP contribution in [0.4, 0.5) is 4.39 Å². The van der Waals surface area contributed by atoms with E-state index in [1.54, 1.807) is 12.3 Å². The number of aromatic nitrogens is 1. The summed E-state index contributed by atoms with van der Waals surface area (Å²) in [6.45, 7) is 2.21. The Labute approximate surface area is 104 Å². The van der Waals surface area contributed by atoms with E-state index < -0.39 is 0 Å². The van der Waals surface area contributed by atoms with Crippen LogP contribution < -0.4 is 5.32 Å². The quantitative estimate of drug-likeness (QED) is 0.696. The second kappa shape index (κ2) is 8.18. The number of nitrogens with one attached hydrogen (secondary N) is 1. The van der Waals surface area contributed by atoms with Gasteiger partial charge in [-0.1, -0.05) is 39.0 Å². The third-order valence-corrected chi connectivity index (χ3v) is 3.12. The van der Waals surface area contributed by atoms with Gasteiger partial charge in [0.2, 0.25) is 0 Å². The number of unbranched alkanes of at least 4 members (excludes halogenated alkanes) is 4. The van der Waals surface area contributed by atoms with Crippen molar-refractivity contribution in [2.24, 2.45) is 0 Å². The minimum atomic E-state index is -0.208. The first-order chi connectivity index (χ1) is 8.29. The Balaban J connectivity index is 2.41. The van der Waals surface area contributed by atoms with E-state index in [-0.39, 0.29) is 11.9 Å². The predicted molar refractivity (Wildman–Crippen MR) is 69.4 cm³/mol. The van der Waals surface area contributed by atoms with E-state index in [4.69, 9.17) is 0 Å². The number of halogens is 1. The predicted octanol–water partition coefficient (Wildman–Crippen LogP) is 3.84. The zero-order valence-corrected chi connectivity index (χ0v) is 10.9. The highest BCUT2D eigenvalue weighted by atomic mass is 19.1. The molecule has 0 bridgehead atoms. The van der Waals surface area contributed by atoms with Crippen LogP contribution in [0.15, 0.2) is 18.5 Å². The fourth-order valence-corrected chi connectivity index (χ4v) is 2.08. The van der Waals surface area contributed by atoms with Crippen LogP contribution in [0.25, 0.3) is 0 Å². The SMILES string of the molecule is CCCCCCCC(NC)c1ccncc1F. The Bertz CT molecular complexity index is 315. The molecule has 2 nitrogen and oxygen atoms in total. The summed E-state index contributed by atoms with van der Waals surface area (Å²) in [6.07, 6.45) is 10.2. The molecule has 0 amide bonds. The molecule has 1 atom stereocenters. The highest BCUT2D eigenvalue weighted by Crippen LogP contribution is 2.21. The maximum Gasteiger partial charge on any atom is 0.146 e. The minimum absolute atomic E-state index is 0.111. The first-order valence-corrected chi connectivity index (χ1v) is 6.56. The summed E-state index contributed by atoms with van der Waals surface area (Å²) in [5, 5.41) is 3.18. The first-order valence-electron chi connectivity index (χ1n) is 6.56. The summed E-state index contributed by atoms with van der Waals surface area (Å²) in [4.78, 5) is 3.78. The van der Waals surface area contributed by atoms with E-state index in [1.165, 1.54) is 31.9 Å². The van der Waals surface area contributed by atoms with E-state index in [2.05, 4.69) is 17.2 Å². The molecule has 0 spiro atoms. The molecule has 0 aliphatic heterocycles. The zero-order valence-electron chi connectivity index (χ0n) is 10.9. The zero-order chi connectivity index (χ0) is 12.5. The van der Waals surface area contributed by atoms with Crippen molar-refractivity contribution in [1.82, 2.24) is 10.3 Å². The summed E-state index contributed by atoms with van der Waals surface area (Å²) < 4.78 is 13.6. The van der Waals surface area contributed by atoms with Crippen LogP contribution in [0.5, 0.6) is 0 Å². The van der Waals surface area contributed by atoms with E-state index in [0.29, 0.717) is 0 Å². The van der Waals surface area contributed by atoms with Gasteiger partial charge in [-0.15, -0.1) is 0 Å². The van der Waals surface area contributed by atoms with Crippen molar-refractivity contribution in [3.63, 3.8) is 0 Å². The number of nitrogens with zero attached hydrogens (tertiary/aromatic N) is 1. The van der Waals surface area contributed by atoms with Crippen LogP contribution in [0, 0.1) is 5.82 Å². The molecule has 0 aliphatic carbocycles. The van der Waals surface area contributed by atoms with E-state index in [9.17, 15) is 4.39 Å². The molecule has 1 N–H and O–H groups in total. The average Bonchev–Trinajstić information content (AvgIpc) is 2.35. The molecule has 1 unspecified atom stereocenters. The summed E-state index contributed by atoms with van der Waals surface area (Å²) in [7, 11) is 1.89. The fourth-order valence-electron chi connectivity index (χ4n) is 2.08. The molecule has 1 rings (SSSR count). The molecule has 0 aromatic carbocycles. The van der Waals surface area contributed by atoms with Gasteiger partial charge in [0.1, 0.15) is 5.82 Å². The van der Waals surface area contributed by atoms with Crippen LogP contribution in [-0.4, -0.2) is 12.0 Å². The van der Waals surface area contributed by atoms with Crippen LogP contribution >= 0.6 is 0 Å². The lowest BCUT2D eigenvalue weighted by Crippen LogP contribution is -2.17. The summed E-state index contributed by atoms with van der Waals surface area (Å²) in [5.41, 5.74) is 0.734. The van der Waals surface area contributed by atoms with E-state index >= 15 is 0 Å². The van der Waals surface area contributed by atoms with Crippen LogP contribution in [0.2, 0.25) is 0 Å². The normalized spacial score (nSPS) is 12.6. The lowest BCUT2D eigenvalue weighted by molar-refractivity contribution is 0.476. The molecule has 17 heavy (non-hydrogen) atoms. The number of hydrogen-bond acceptors (Lipinski definition) is 2. The molecule has 0 fully saturated rings. The Morgan fingerprint density at radius 3 is 2.71 bits per heavy atom. The van der Waals surface area contributed by atoms with Gasteiger partial charge in [0.25, 0.3) is 0 Å². The van der Waals surface area contributed by atoms with Gasteiger partial charge in [0.05, 0.1) is 6.20 Å². The van der Waals surface area contributed by atoms with Crippen molar-refractivity contribution in [3.05, 3.63) is 29.8 Å². The van der Waals surface area contributed by atoms with Crippen molar-refractivity contribution in [3.8, 4) is 0 Å². The number of rotatable bonds is 8. The number of pyridine rings is 1. The second-order valence-corrected chi connectivity index (χ2v) is 4.44. The Morgan fingerprint density at radius 2 is 2.06 bits per heavy atom. The molecule has 0 saturated heterocycles. The monoisotopic (exact) mass is 238 g/mol. The maximum atomic E-state index is 13.6. The molecule has 1 aromatic rings. The smallest absolute Gasteiger partial charge is 0.146 e. The summed E-state index contributed by atoms with van der Waals surface area (Å²) in [6, 6.07) is 1.88. The second-order valence-electron chi connectivity index (χ2n) is 4.44. The lowest BCUT2D eigenvalue weighted by atomic mass is 10.0. The maximum absolute atomic E-state index is 13.6. The Hall–Kier alpha value is -0.960. The van der Waals surface area contributed by atoms with Gasteiger partial charge in [-0.05, 0) is 19.5 Å². The van der Waals surface area contributed by atoms with Crippen molar-refractivity contribution >= 4 is 0 Å². The fraction of sp³-hybridized carbons (Fsp3) is 0.643. The third kappa shape index (κ3) is 4.82. The van der Waals surface area contributed by atoms with Crippen molar-refractivity contribution in [1.29, 1.82) is 0 Å². The molecule has 0 saturated carbocycles. The largest absolute Gasteiger partial charge is 0.313 e. The first kappa shape index (κ1) is 14.1.